The maximum Gasteiger partial charge on any atom is 0.244 e. The number of hydrogen-bond donors (Lipinski definition) is 2. The number of benzene rings is 1. The highest BCUT2D eigenvalue weighted by Gasteiger charge is 2.29. The van der Waals surface area contributed by atoms with E-state index in [1.54, 1.807) is 18.2 Å². The highest BCUT2D eigenvalue weighted by molar-refractivity contribution is 9.10. The molecule has 132 valence electrons. The van der Waals surface area contributed by atoms with Gasteiger partial charge in [0.15, 0.2) is 0 Å². The van der Waals surface area contributed by atoms with Gasteiger partial charge in [-0.3, -0.25) is 0 Å². The molecule has 1 aliphatic carbocycles. The number of ether oxygens (including phenoxy) is 1. The Morgan fingerprint density at radius 1 is 1.35 bits per heavy atom. The summed E-state index contributed by atoms with van der Waals surface area (Å²) in [7, 11) is -2.21. The SMILES string of the molecule is COc1ccc(Br)cc1S(=O)(=O)NC(CN)C1CCCCC1.Cl. The van der Waals surface area contributed by atoms with Gasteiger partial charge in [-0.05, 0) is 37.0 Å². The molecular formula is C15H24BrClN2O3S. The minimum Gasteiger partial charge on any atom is -0.495 e. The molecule has 8 heteroatoms. The maximum absolute atomic E-state index is 12.7. The number of sulfonamides is 1. The van der Waals surface area contributed by atoms with Crippen LogP contribution in [-0.2, 0) is 10.0 Å². The summed E-state index contributed by atoms with van der Waals surface area (Å²) in [5, 5.41) is 0. The maximum atomic E-state index is 12.7. The van der Waals surface area contributed by atoms with E-state index in [4.69, 9.17) is 10.5 Å². The van der Waals surface area contributed by atoms with Crippen LogP contribution in [0.4, 0.5) is 0 Å². The lowest BCUT2D eigenvalue weighted by atomic mass is 9.84. The van der Waals surface area contributed by atoms with Crippen LogP contribution in [-0.4, -0.2) is 28.1 Å². The Morgan fingerprint density at radius 2 is 2.00 bits per heavy atom. The van der Waals surface area contributed by atoms with Gasteiger partial charge in [0.25, 0.3) is 0 Å². The van der Waals surface area contributed by atoms with E-state index in [0.29, 0.717) is 22.7 Å². The van der Waals surface area contributed by atoms with Gasteiger partial charge in [0.05, 0.1) is 7.11 Å². The highest BCUT2D eigenvalue weighted by Crippen LogP contribution is 2.30. The summed E-state index contributed by atoms with van der Waals surface area (Å²) >= 11 is 3.31. The van der Waals surface area contributed by atoms with Gasteiger partial charge in [0.1, 0.15) is 10.6 Å². The molecule has 0 amide bonds. The minimum atomic E-state index is -3.67. The first kappa shape index (κ1) is 20.7. The number of halogens is 2. The first-order valence-electron chi connectivity index (χ1n) is 7.54. The molecular weight excluding hydrogens is 404 g/mol. The summed E-state index contributed by atoms with van der Waals surface area (Å²) in [5.41, 5.74) is 5.82. The van der Waals surface area contributed by atoms with Gasteiger partial charge < -0.3 is 10.5 Å². The van der Waals surface area contributed by atoms with Crippen LogP contribution in [0.1, 0.15) is 32.1 Å². The Bertz CT molecular complexity index is 607. The molecule has 0 radical (unpaired) electrons. The van der Waals surface area contributed by atoms with Crippen molar-refractivity contribution in [1.82, 2.24) is 4.72 Å². The Morgan fingerprint density at radius 3 is 2.57 bits per heavy atom. The fourth-order valence-electron chi connectivity index (χ4n) is 3.00. The van der Waals surface area contributed by atoms with Crippen LogP contribution >= 0.6 is 28.3 Å². The van der Waals surface area contributed by atoms with Crippen molar-refractivity contribution < 1.29 is 13.2 Å². The highest BCUT2D eigenvalue weighted by atomic mass is 79.9. The number of rotatable bonds is 6. The van der Waals surface area contributed by atoms with Crippen molar-refractivity contribution in [2.24, 2.45) is 11.7 Å². The Hall–Kier alpha value is -0.340. The second kappa shape index (κ2) is 9.22. The van der Waals surface area contributed by atoms with Gasteiger partial charge in [-0.15, -0.1) is 12.4 Å². The molecule has 1 aromatic carbocycles. The summed E-state index contributed by atoms with van der Waals surface area (Å²) in [4.78, 5) is 0.138. The van der Waals surface area contributed by atoms with Crippen molar-refractivity contribution in [2.45, 2.75) is 43.0 Å². The smallest absolute Gasteiger partial charge is 0.244 e. The normalized spacial score (nSPS) is 17.3. The van der Waals surface area contributed by atoms with Crippen molar-refractivity contribution >= 4 is 38.4 Å². The van der Waals surface area contributed by atoms with Crippen LogP contribution < -0.4 is 15.2 Å². The molecule has 1 aromatic rings. The van der Waals surface area contributed by atoms with Gasteiger partial charge in [-0.2, -0.15) is 0 Å². The quantitative estimate of drug-likeness (QED) is 0.731. The molecule has 1 unspecified atom stereocenters. The van der Waals surface area contributed by atoms with Crippen LogP contribution in [0.2, 0.25) is 0 Å². The fraction of sp³-hybridized carbons (Fsp3) is 0.600. The zero-order valence-corrected chi connectivity index (χ0v) is 16.3. The molecule has 0 aliphatic heterocycles. The third-order valence-corrected chi connectivity index (χ3v) is 6.20. The fourth-order valence-corrected chi connectivity index (χ4v) is 5.02. The summed E-state index contributed by atoms with van der Waals surface area (Å²) in [6, 6.07) is 4.71. The van der Waals surface area contributed by atoms with Crippen LogP contribution in [0.5, 0.6) is 5.75 Å². The summed E-state index contributed by atoms with van der Waals surface area (Å²) in [5.74, 6) is 0.641. The second-order valence-electron chi connectivity index (χ2n) is 5.66. The zero-order valence-electron chi connectivity index (χ0n) is 13.1. The molecule has 1 aliphatic rings. The molecule has 0 heterocycles. The van der Waals surface area contributed by atoms with E-state index in [-0.39, 0.29) is 23.3 Å². The average Bonchev–Trinajstić information content (AvgIpc) is 2.53. The van der Waals surface area contributed by atoms with Gasteiger partial charge in [0.2, 0.25) is 10.0 Å². The van der Waals surface area contributed by atoms with E-state index in [0.717, 1.165) is 25.7 Å². The number of hydrogen-bond acceptors (Lipinski definition) is 4. The average molecular weight is 428 g/mol. The van der Waals surface area contributed by atoms with E-state index in [1.807, 2.05) is 0 Å². The molecule has 3 N–H and O–H groups in total. The number of methoxy groups -OCH3 is 1. The van der Waals surface area contributed by atoms with Gasteiger partial charge in [-0.1, -0.05) is 35.2 Å². The van der Waals surface area contributed by atoms with Crippen LogP contribution in [0.15, 0.2) is 27.6 Å². The predicted octanol–water partition coefficient (Wildman–Crippen LogP) is 3.07. The van der Waals surface area contributed by atoms with Crippen molar-refractivity contribution in [2.75, 3.05) is 13.7 Å². The van der Waals surface area contributed by atoms with Crippen molar-refractivity contribution in [3.05, 3.63) is 22.7 Å². The zero-order chi connectivity index (χ0) is 16.2. The third-order valence-electron chi connectivity index (χ3n) is 4.19. The Labute approximate surface area is 152 Å². The van der Waals surface area contributed by atoms with Gasteiger partial charge >= 0.3 is 0 Å². The van der Waals surface area contributed by atoms with Crippen molar-refractivity contribution in [3.63, 3.8) is 0 Å². The number of nitrogens with two attached hydrogens (primary N) is 1. The third kappa shape index (κ3) is 5.32. The van der Waals surface area contributed by atoms with E-state index in [1.165, 1.54) is 13.5 Å². The Balaban J connectivity index is 0.00000264. The summed E-state index contributed by atoms with van der Waals surface area (Å²) in [6.07, 6.45) is 5.56. The van der Waals surface area contributed by atoms with Crippen LogP contribution in [0, 0.1) is 5.92 Å². The lowest BCUT2D eigenvalue weighted by Gasteiger charge is -2.30. The second-order valence-corrected chi connectivity index (χ2v) is 8.25. The lowest BCUT2D eigenvalue weighted by Crippen LogP contribution is -2.45. The molecule has 1 fully saturated rings. The van der Waals surface area contributed by atoms with E-state index in [2.05, 4.69) is 20.7 Å². The molecule has 0 spiro atoms. The molecule has 2 rings (SSSR count). The van der Waals surface area contributed by atoms with Crippen molar-refractivity contribution in [1.29, 1.82) is 0 Å². The largest absolute Gasteiger partial charge is 0.495 e. The van der Waals surface area contributed by atoms with E-state index < -0.39 is 10.0 Å². The molecule has 0 saturated heterocycles. The first-order valence-corrected chi connectivity index (χ1v) is 9.81. The summed E-state index contributed by atoms with van der Waals surface area (Å²) in [6.45, 7) is 0.306. The van der Waals surface area contributed by atoms with Crippen LogP contribution in [0.25, 0.3) is 0 Å². The molecule has 0 bridgehead atoms. The molecule has 1 saturated carbocycles. The van der Waals surface area contributed by atoms with Gasteiger partial charge in [-0.25, -0.2) is 13.1 Å². The molecule has 23 heavy (non-hydrogen) atoms. The molecule has 0 aromatic heterocycles. The Kier molecular flexibility index (Phi) is 8.30. The molecule has 1 atom stereocenters. The standard InChI is InChI=1S/C15H23BrN2O3S.ClH/c1-21-14-8-7-12(16)9-15(14)22(19,20)18-13(10-17)11-5-3-2-4-6-11;/h7-9,11,13,18H,2-6,10,17H2,1H3;1H. The predicted molar refractivity (Wildman–Crippen MR) is 97.7 cm³/mol. The van der Waals surface area contributed by atoms with E-state index in [9.17, 15) is 8.42 Å². The van der Waals surface area contributed by atoms with Gasteiger partial charge in [0, 0.05) is 17.1 Å². The van der Waals surface area contributed by atoms with Crippen molar-refractivity contribution in [3.8, 4) is 5.75 Å². The summed E-state index contributed by atoms with van der Waals surface area (Å²) < 4.78 is 34.1. The number of nitrogens with one attached hydrogen (secondary N) is 1. The van der Waals surface area contributed by atoms with E-state index >= 15 is 0 Å². The topological polar surface area (TPSA) is 81.4 Å². The monoisotopic (exact) mass is 426 g/mol. The van der Waals surface area contributed by atoms with Crippen LogP contribution in [0.3, 0.4) is 0 Å². The lowest BCUT2D eigenvalue weighted by molar-refractivity contribution is 0.294. The molecule has 5 nitrogen and oxygen atoms in total. The first-order chi connectivity index (χ1) is 10.5. The minimum absolute atomic E-state index is 0.